The van der Waals surface area contributed by atoms with Gasteiger partial charge in [0.25, 0.3) is 5.91 Å². The van der Waals surface area contributed by atoms with E-state index in [-0.39, 0.29) is 0 Å². The van der Waals surface area contributed by atoms with Crippen LogP contribution in [0.3, 0.4) is 0 Å². The molecular formula is C8H11N3O3S. The third-order valence-electron chi connectivity index (χ3n) is 1.81. The smallest absolute Gasteiger partial charge is 0.325 e. The van der Waals surface area contributed by atoms with E-state index in [0.29, 0.717) is 17.0 Å². The summed E-state index contributed by atoms with van der Waals surface area (Å²) in [5.41, 5.74) is 0.593. The zero-order chi connectivity index (χ0) is 11.4. The van der Waals surface area contributed by atoms with Crippen LogP contribution in [0, 0.1) is 0 Å². The maximum absolute atomic E-state index is 11.6. The number of hydrogen-bond donors (Lipinski definition) is 2. The van der Waals surface area contributed by atoms with E-state index in [9.17, 15) is 9.59 Å². The highest BCUT2D eigenvalue weighted by Gasteiger charge is 2.19. The number of carboxylic acid groups (broad SMARTS) is 1. The fraction of sp³-hybridized carbons (Fsp3) is 0.500. The van der Waals surface area contributed by atoms with Crippen molar-refractivity contribution in [2.45, 2.75) is 26.3 Å². The average Bonchev–Trinajstić information content (AvgIpc) is 2.64. The molecule has 0 aliphatic rings. The van der Waals surface area contributed by atoms with Gasteiger partial charge in [0.05, 0.1) is 5.69 Å². The van der Waals surface area contributed by atoms with E-state index in [1.165, 1.54) is 6.92 Å². The number of aryl methyl sites for hydroxylation is 1. The summed E-state index contributed by atoms with van der Waals surface area (Å²) in [5, 5.41) is 14.7. The van der Waals surface area contributed by atoms with Crippen molar-refractivity contribution in [2.75, 3.05) is 0 Å². The molecule has 7 heteroatoms. The lowest BCUT2D eigenvalue weighted by Crippen LogP contribution is -2.38. The molecule has 0 unspecified atom stereocenters. The van der Waals surface area contributed by atoms with E-state index < -0.39 is 17.9 Å². The Bertz CT molecular complexity index is 377. The van der Waals surface area contributed by atoms with Gasteiger partial charge in [-0.3, -0.25) is 9.59 Å². The largest absolute Gasteiger partial charge is 0.480 e. The normalized spacial score (nSPS) is 12.1. The van der Waals surface area contributed by atoms with Crippen LogP contribution in [0.5, 0.6) is 0 Å². The molecule has 0 spiro atoms. The Labute approximate surface area is 90.5 Å². The highest BCUT2D eigenvalue weighted by molar-refractivity contribution is 7.08. The van der Waals surface area contributed by atoms with Gasteiger partial charge >= 0.3 is 5.97 Å². The van der Waals surface area contributed by atoms with Crippen LogP contribution >= 0.6 is 11.5 Å². The summed E-state index contributed by atoms with van der Waals surface area (Å²) >= 11 is 0.970. The first kappa shape index (κ1) is 11.6. The highest BCUT2D eigenvalue weighted by Crippen LogP contribution is 2.10. The van der Waals surface area contributed by atoms with Crippen LogP contribution in [0.25, 0.3) is 0 Å². The summed E-state index contributed by atoms with van der Waals surface area (Å²) in [6.45, 7) is 3.26. The Balaban J connectivity index is 2.73. The molecule has 1 aromatic rings. The fourth-order valence-electron chi connectivity index (χ4n) is 0.936. The molecule has 1 heterocycles. The number of rotatable bonds is 4. The molecule has 0 radical (unpaired) electrons. The van der Waals surface area contributed by atoms with Crippen LogP contribution in [-0.4, -0.2) is 32.6 Å². The van der Waals surface area contributed by atoms with Gasteiger partial charge in [-0.25, -0.2) is 0 Å². The zero-order valence-corrected chi connectivity index (χ0v) is 9.17. The first-order valence-electron chi connectivity index (χ1n) is 4.41. The third kappa shape index (κ3) is 2.72. The van der Waals surface area contributed by atoms with E-state index in [4.69, 9.17) is 5.11 Å². The van der Waals surface area contributed by atoms with Crippen LogP contribution < -0.4 is 5.32 Å². The molecule has 0 saturated heterocycles. The lowest BCUT2D eigenvalue weighted by atomic mass is 10.2. The highest BCUT2D eigenvalue weighted by atomic mass is 32.1. The van der Waals surface area contributed by atoms with Crippen molar-refractivity contribution in [1.82, 2.24) is 14.9 Å². The number of aromatic nitrogens is 2. The predicted molar refractivity (Wildman–Crippen MR) is 53.9 cm³/mol. The van der Waals surface area contributed by atoms with E-state index in [1.54, 1.807) is 0 Å². The average molecular weight is 229 g/mol. The molecule has 1 rings (SSSR count). The van der Waals surface area contributed by atoms with Gasteiger partial charge in [0.1, 0.15) is 10.9 Å². The number of amides is 1. The van der Waals surface area contributed by atoms with Crippen LogP contribution in [-0.2, 0) is 11.2 Å². The predicted octanol–water partition coefficient (Wildman–Crippen LogP) is 0.303. The van der Waals surface area contributed by atoms with E-state index in [1.807, 2.05) is 6.92 Å². The SMILES string of the molecule is CCc1nnsc1C(=O)N[C@@H](C)C(=O)O. The van der Waals surface area contributed by atoms with Crippen molar-refractivity contribution < 1.29 is 14.7 Å². The van der Waals surface area contributed by atoms with E-state index in [2.05, 4.69) is 14.9 Å². The molecule has 0 aliphatic heterocycles. The summed E-state index contributed by atoms with van der Waals surface area (Å²) in [6, 6.07) is -0.913. The van der Waals surface area contributed by atoms with Crippen LogP contribution in [0.4, 0.5) is 0 Å². The van der Waals surface area contributed by atoms with Gasteiger partial charge in [-0.1, -0.05) is 11.4 Å². The van der Waals surface area contributed by atoms with Gasteiger partial charge in [-0.15, -0.1) is 5.10 Å². The number of carboxylic acids is 1. The summed E-state index contributed by atoms with van der Waals surface area (Å²) < 4.78 is 3.65. The van der Waals surface area contributed by atoms with Gasteiger partial charge in [-0.05, 0) is 24.9 Å². The van der Waals surface area contributed by atoms with Crippen molar-refractivity contribution in [3.63, 3.8) is 0 Å². The molecule has 0 fully saturated rings. The number of aliphatic carboxylic acids is 1. The van der Waals surface area contributed by atoms with Crippen LogP contribution in [0.15, 0.2) is 0 Å². The molecule has 0 aromatic carbocycles. The molecule has 1 atom stereocenters. The van der Waals surface area contributed by atoms with Gasteiger partial charge < -0.3 is 10.4 Å². The second kappa shape index (κ2) is 4.83. The second-order valence-corrected chi connectivity index (χ2v) is 3.69. The van der Waals surface area contributed by atoms with Gasteiger partial charge in [0.15, 0.2) is 0 Å². The lowest BCUT2D eigenvalue weighted by molar-refractivity contribution is -0.138. The monoisotopic (exact) mass is 229 g/mol. The summed E-state index contributed by atoms with van der Waals surface area (Å²) in [4.78, 5) is 22.5. The molecule has 1 amide bonds. The minimum Gasteiger partial charge on any atom is -0.480 e. The third-order valence-corrected chi connectivity index (χ3v) is 2.58. The molecule has 1 aromatic heterocycles. The summed E-state index contributed by atoms with van der Waals surface area (Å²) in [5.74, 6) is -1.50. The second-order valence-electron chi connectivity index (χ2n) is 2.94. The van der Waals surface area contributed by atoms with Crippen molar-refractivity contribution in [3.8, 4) is 0 Å². The molecule has 6 nitrogen and oxygen atoms in total. The van der Waals surface area contributed by atoms with Crippen molar-refractivity contribution in [2.24, 2.45) is 0 Å². The zero-order valence-electron chi connectivity index (χ0n) is 8.35. The summed E-state index contributed by atoms with van der Waals surface area (Å²) in [7, 11) is 0. The minimum atomic E-state index is -1.07. The first-order chi connectivity index (χ1) is 7.06. The summed E-state index contributed by atoms with van der Waals surface area (Å²) in [6.07, 6.45) is 0.598. The molecule has 2 N–H and O–H groups in total. The molecule has 82 valence electrons. The molecule has 0 aliphatic carbocycles. The molecular weight excluding hydrogens is 218 g/mol. The number of carbonyl (C=O) groups is 2. The molecule has 0 bridgehead atoms. The number of hydrogen-bond acceptors (Lipinski definition) is 5. The maximum atomic E-state index is 11.6. The van der Waals surface area contributed by atoms with Crippen LogP contribution in [0.2, 0.25) is 0 Å². The Morgan fingerprint density at radius 1 is 1.60 bits per heavy atom. The Morgan fingerprint density at radius 2 is 2.27 bits per heavy atom. The lowest BCUT2D eigenvalue weighted by Gasteiger charge is -2.07. The Hall–Kier alpha value is -1.50. The fourth-order valence-corrected chi connectivity index (χ4v) is 1.59. The van der Waals surface area contributed by atoms with Gasteiger partial charge in [0, 0.05) is 0 Å². The minimum absolute atomic E-state index is 0.380. The quantitative estimate of drug-likeness (QED) is 0.774. The van der Waals surface area contributed by atoms with Crippen molar-refractivity contribution in [1.29, 1.82) is 0 Å². The number of carbonyl (C=O) groups excluding carboxylic acids is 1. The topological polar surface area (TPSA) is 92.2 Å². The van der Waals surface area contributed by atoms with Gasteiger partial charge in [0.2, 0.25) is 0 Å². The first-order valence-corrected chi connectivity index (χ1v) is 5.18. The van der Waals surface area contributed by atoms with Crippen LogP contribution in [0.1, 0.15) is 29.2 Å². The number of nitrogens with zero attached hydrogens (tertiary/aromatic N) is 2. The maximum Gasteiger partial charge on any atom is 0.325 e. The van der Waals surface area contributed by atoms with Crippen molar-refractivity contribution >= 4 is 23.4 Å². The standard InChI is InChI=1S/C8H11N3O3S/c1-3-5-6(15-11-10-5)7(12)9-4(2)8(13)14/h4H,3H2,1-2H3,(H,9,12)(H,13,14)/t4-/m0/s1. The molecule has 15 heavy (non-hydrogen) atoms. The van der Waals surface area contributed by atoms with Gasteiger partial charge in [-0.2, -0.15) is 0 Å². The molecule has 0 saturated carbocycles. The Morgan fingerprint density at radius 3 is 2.80 bits per heavy atom. The van der Waals surface area contributed by atoms with E-state index >= 15 is 0 Å². The van der Waals surface area contributed by atoms with E-state index in [0.717, 1.165) is 11.5 Å². The number of nitrogens with one attached hydrogen (secondary N) is 1. The Kier molecular flexibility index (Phi) is 3.73. The van der Waals surface area contributed by atoms with Crippen molar-refractivity contribution in [3.05, 3.63) is 10.6 Å².